The second-order valence-electron chi connectivity index (χ2n) is 7.68. The molecule has 6 heteroatoms. The zero-order valence-electron chi connectivity index (χ0n) is 17.8. The van der Waals surface area contributed by atoms with Crippen molar-refractivity contribution in [2.24, 2.45) is 0 Å². The highest BCUT2D eigenvalue weighted by Crippen LogP contribution is 2.34. The third-order valence-corrected chi connectivity index (χ3v) is 5.41. The summed E-state index contributed by atoms with van der Waals surface area (Å²) in [5.74, 6) is -0.161. The summed E-state index contributed by atoms with van der Waals surface area (Å²) in [7, 11) is 0. The quantitative estimate of drug-likeness (QED) is 0.203. The number of fused-ring (bicyclic) bond motifs is 2. The Kier molecular flexibility index (Phi) is 5.32. The lowest BCUT2D eigenvalue weighted by atomic mass is 10.0. The van der Waals surface area contributed by atoms with Gasteiger partial charge in [0.2, 0.25) is 0 Å². The maximum absolute atomic E-state index is 12.6. The summed E-state index contributed by atoms with van der Waals surface area (Å²) in [6, 6.07) is 26.2. The van der Waals surface area contributed by atoms with E-state index in [9.17, 15) is 19.8 Å². The summed E-state index contributed by atoms with van der Waals surface area (Å²) < 4.78 is 11.3. The Hall–Kier alpha value is -4.84. The van der Waals surface area contributed by atoms with E-state index in [-0.39, 0.29) is 11.5 Å². The molecule has 0 bridgehead atoms. The summed E-state index contributed by atoms with van der Waals surface area (Å²) in [6.45, 7) is 0. The molecule has 5 rings (SSSR count). The van der Waals surface area contributed by atoms with E-state index in [0.717, 1.165) is 21.5 Å². The lowest BCUT2D eigenvalue weighted by Crippen LogP contribution is -2.09. The maximum atomic E-state index is 12.6. The van der Waals surface area contributed by atoms with Crippen LogP contribution in [0.5, 0.6) is 23.0 Å². The van der Waals surface area contributed by atoms with Gasteiger partial charge in [-0.3, -0.25) is 0 Å². The molecule has 34 heavy (non-hydrogen) atoms. The third-order valence-electron chi connectivity index (χ3n) is 5.41. The third kappa shape index (κ3) is 4.12. The van der Waals surface area contributed by atoms with E-state index in [0.29, 0.717) is 22.6 Å². The minimum Gasteiger partial charge on any atom is -0.508 e. The Morgan fingerprint density at radius 1 is 0.529 bits per heavy atom. The minimum absolute atomic E-state index is 0.0649. The number of esters is 2. The minimum atomic E-state index is -0.538. The molecule has 0 radical (unpaired) electrons. The van der Waals surface area contributed by atoms with Crippen LogP contribution in [0, 0.1) is 0 Å². The van der Waals surface area contributed by atoms with Crippen molar-refractivity contribution >= 4 is 33.5 Å². The second kappa shape index (κ2) is 8.60. The fourth-order valence-corrected chi connectivity index (χ4v) is 3.68. The number of phenols is 2. The average Bonchev–Trinajstić information content (AvgIpc) is 2.84. The first kappa shape index (κ1) is 21.0. The largest absolute Gasteiger partial charge is 0.508 e. The predicted molar refractivity (Wildman–Crippen MR) is 128 cm³/mol. The number of carbonyl (C=O) groups is 2. The van der Waals surface area contributed by atoms with Crippen LogP contribution < -0.4 is 9.47 Å². The van der Waals surface area contributed by atoms with Gasteiger partial charge in [0.15, 0.2) is 0 Å². The number of phenolic OH excluding ortho intramolecular Hbond substituents is 2. The van der Waals surface area contributed by atoms with Crippen molar-refractivity contribution in [3.05, 3.63) is 108 Å². The fraction of sp³-hybridized carbons (Fsp3) is 0. The van der Waals surface area contributed by atoms with Crippen molar-refractivity contribution in [2.45, 2.75) is 0 Å². The fourth-order valence-electron chi connectivity index (χ4n) is 3.68. The highest BCUT2D eigenvalue weighted by molar-refractivity contribution is 6.05. The van der Waals surface area contributed by atoms with Gasteiger partial charge in [-0.05, 0) is 83.6 Å². The summed E-state index contributed by atoms with van der Waals surface area (Å²) in [5.41, 5.74) is 0.637. The van der Waals surface area contributed by atoms with E-state index in [1.165, 1.54) is 48.5 Å². The lowest BCUT2D eigenvalue weighted by Gasteiger charge is -2.12. The van der Waals surface area contributed by atoms with Crippen molar-refractivity contribution in [1.29, 1.82) is 0 Å². The van der Waals surface area contributed by atoms with Crippen molar-refractivity contribution in [2.75, 3.05) is 0 Å². The first-order valence-corrected chi connectivity index (χ1v) is 10.5. The molecule has 0 spiro atoms. The summed E-state index contributed by atoms with van der Waals surface area (Å²) in [4.78, 5) is 25.2. The van der Waals surface area contributed by atoms with Crippen LogP contribution in [0.2, 0.25) is 0 Å². The van der Waals surface area contributed by atoms with Gasteiger partial charge in [-0.25, -0.2) is 9.59 Å². The highest BCUT2D eigenvalue weighted by Gasteiger charge is 2.15. The summed E-state index contributed by atoms with van der Waals surface area (Å²) in [6.07, 6.45) is 0. The van der Waals surface area contributed by atoms with Gasteiger partial charge in [0.1, 0.15) is 23.0 Å². The molecule has 0 atom stereocenters. The Morgan fingerprint density at radius 3 is 1.29 bits per heavy atom. The zero-order valence-corrected chi connectivity index (χ0v) is 17.8. The van der Waals surface area contributed by atoms with Crippen molar-refractivity contribution in [3.63, 3.8) is 0 Å². The van der Waals surface area contributed by atoms with E-state index in [2.05, 4.69) is 0 Å². The van der Waals surface area contributed by atoms with Gasteiger partial charge < -0.3 is 19.7 Å². The Morgan fingerprint density at radius 2 is 0.912 bits per heavy atom. The second-order valence-corrected chi connectivity index (χ2v) is 7.68. The van der Waals surface area contributed by atoms with Crippen LogP contribution in [0.1, 0.15) is 20.7 Å². The molecule has 166 valence electrons. The molecule has 0 amide bonds. The standard InChI is InChI=1S/C28H18O6/c29-21-11-7-17(8-12-21)27(31)33-25-5-1-3-19-15-24-20(16-23(19)25)4-2-6-26(24)34-28(32)18-9-13-22(30)14-10-18/h1-16,29-30H. The van der Waals surface area contributed by atoms with Crippen LogP contribution >= 0.6 is 0 Å². The molecule has 6 nitrogen and oxygen atoms in total. The molecule has 2 N–H and O–H groups in total. The molecule has 0 saturated carbocycles. The molecule has 0 aliphatic rings. The molecule has 0 heterocycles. The Labute approximate surface area is 194 Å². The molecule has 0 saturated heterocycles. The summed E-state index contributed by atoms with van der Waals surface area (Å²) >= 11 is 0. The van der Waals surface area contributed by atoms with Gasteiger partial charge in [-0.1, -0.05) is 24.3 Å². The number of carbonyl (C=O) groups excluding carboxylic acids is 2. The van der Waals surface area contributed by atoms with Gasteiger partial charge >= 0.3 is 11.9 Å². The van der Waals surface area contributed by atoms with Crippen LogP contribution in [0.15, 0.2) is 97.1 Å². The van der Waals surface area contributed by atoms with Gasteiger partial charge in [-0.2, -0.15) is 0 Å². The molecule has 0 unspecified atom stereocenters. The van der Waals surface area contributed by atoms with Gasteiger partial charge in [-0.15, -0.1) is 0 Å². The first-order chi connectivity index (χ1) is 16.5. The van der Waals surface area contributed by atoms with Gasteiger partial charge in [0.25, 0.3) is 0 Å². The Bertz CT molecular complexity index is 1420. The first-order valence-electron chi connectivity index (χ1n) is 10.5. The van der Waals surface area contributed by atoms with Crippen LogP contribution in [0.4, 0.5) is 0 Å². The van der Waals surface area contributed by atoms with Crippen LogP contribution in [-0.4, -0.2) is 22.2 Å². The summed E-state index contributed by atoms with van der Waals surface area (Å²) in [5, 5.41) is 21.9. The van der Waals surface area contributed by atoms with Crippen LogP contribution in [0.25, 0.3) is 21.5 Å². The smallest absolute Gasteiger partial charge is 0.343 e. The van der Waals surface area contributed by atoms with Crippen LogP contribution in [-0.2, 0) is 0 Å². The number of rotatable bonds is 4. The number of hydrogen-bond acceptors (Lipinski definition) is 6. The van der Waals surface area contributed by atoms with E-state index in [1.807, 2.05) is 24.3 Å². The molecule has 0 aliphatic carbocycles. The average molecular weight is 450 g/mol. The number of hydrogen-bond donors (Lipinski definition) is 2. The van der Waals surface area contributed by atoms with Gasteiger partial charge in [0, 0.05) is 10.8 Å². The van der Waals surface area contributed by atoms with E-state index in [1.54, 1.807) is 24.3 Å². The molecule has 5 aromatic carbocycles. The maximum Gasteiger partial charge on any atom is 0.343 e. The van der Waals surface area contributed by atoms with E-state index >= 15 is 0 Å². The molecule has 0 aromatic heterocycles. The SMILES string of the molecule is O=C(Oc1cccc2cc3c(OC(=O)c4ccc(O)cc4)cccc3cc12)c1ccc(O)cc1. The van der Waals surface area contributed by atoms with E-state index in [4.69, 9.17) is 9.47 Å². The molecule has 0 fully saturated rings. The highest BCUT2D eigenvalue weighted by atomic mass is 16.5. The zero-order chi connectivity index (χ0) is 23.7. The van der Waals surface area contributed by atoms with Gasteiger partial charge in [0.05, 0.1) is 11.1 Å². The van der Waals surface area contributed by atoms with Crippen LogP contribution in [0.3, 0.4) is 0 Å². The normalized spacial score (nSPS) is 10.8. The molecule has 0 aliphatic heterocycles. The lowest BCUT2D eigenvalue weighted by molar-refractivity contribution is 0.0727. The van der Waals surface area contributed by atoms with Crippen molar-refractivity contribution in [3.8, 4) is 23.0 Å². The van der Waals surface area contributed by atoms with Crippen molar-refractivity contribution in [1.82, 2.24) is 0 Å². The van der Waals surface area contributed by atoms with Crippen molar-refractivity contribution < 1.29 is 29.3 Å². The molecular weight excluding hydrogens is 432 g/mol. The Balaban J connectivity index is 1.49. The monoisotopic (exact) mass is 450 g/mol. The topological polar surface area (TPSA) is 93.1 Å². The van der Waals surface area contributed by atoms with E-state index < -0.39 is 11.9 Å². The number of ether oxygens (including phenoxy) is 2. The predicted octanol–water partition coefficient (Wildman–Crippen LogP) is 5.84. The number of aromatic hydroxyl groups is 2. The number of benzene rings is 5. The molecule has 5 aromatic rings. The molecular formula is C28H18O6.